The van der Waals surface area contributed by atoms with E-state index in [4.69, 9.17) is 5.73 Å². The van der Waals surface area contributed by atoms with Gasteiger partial charge in [0.05, 0.1) is 0 Å². The van der Waals surface area contributed by atoms with E-state index >= 15 is 0 Å². The van der Waals surface area contributed by atoms with Crippen LogP contribution in [0.25, 0.3) is 10.9 Å². The summed E-state index contributed by atoms with van der Waals surface area (Å²) in [5.41, 5.74) is 9.71. The van der Waals surface area contributed by atoms with Crippen LogP contribution >= 0.6 is 0 Å². The van der Waals surface area contributed by atoms with E-state index in [0.717, 1.165) is 6.42 Å². The van der Waals surface area contributed by atoms with Crippen molar-refractivity contribution in [2.75, 3.05) is 0 Å². The van der Waals surface area contributed by atoms with Gasteiger partial charge in [-0.3, -0.25) is 0 Å². The van der Waals surface area contributed by atoms with Crippen LogP contribution in [-0.2, 0) is 0 Å². The lowest BCUT2D eigenvalue weighted by atomic mass is 10.0. The van der Waals surface area contributed by atoms with Gasteiger partial charge in [0.25, 0.3) is 0 Å². The zero-order valence-electron chi connectivity index (χ0n) is 8.67. The van der Waals surface area contributed by atoms with Gasteiger partial charge in [0.15, 0.2) is 0 Å². The van der Waals surface area contributed by atoms with Crippen molar-refractivity contribution in [2.45, 2.75) is 26.3 Å². The molecule has 0 saturated carbocycles. The molecule has 2 heteroatoms. The Balaban J connectivity index is 2.58. The van der Waals surface area contributed by atoms with Crippen molar-refractivity contribution in [3.05, 3.63) is 35.5 Å². The van der Waals surface area contributed by atoms with E-state index < -0.39 is 0 Å². The number of aromatic amines is 1. The van der Waals surface area contributed by atoms with Crippen LogP contribution < -0.4 is 5.73 Å². The van der Waals surface area contributed by atoms with E-state index in [1.54, 1.807) is 0 Å². The van der Waals surface area contributed by atoms with Crippen molar-refractivity contribution in [3.63, 3.8) is 0 Å². The minimum Gasteiger partial charge on any atom is -0.361 e. The normalized spacial score (nSPS) is 13.4. The van der Waals surface area contributed by atoms with Gasteiger partial charge in [-0.1, -0.05) is 19.1 Å². The number of hydrogen-bond acceptors (Lipinski definition) is 1. The molecule has 1 aromatic carbocycles. The fourth-order valence-corrected chi connectivity index (χ4v) is 1.79. The Morgan fingerprint density at radius 3 is 2.93 bits per heavy atom. The second-order valence-electron chi connectivity index (χ2n) is 3.81. The Hall–Kier alpha value is -1.28. The summed E-state index contributed by atoms with van der Waals surface area (Å²) >= 11 is 0. The average molecular weight is 188 g/mol. The third-order valence-electron chi connectivity index (χ3n) is 2.71. The van der Waals surface area contributed by atoms with Gasteiger partial charge >= 0.3 is 0 Å². The van der Waals surface area contributed by atoms with Crippen LogP contribution in [0.3, 0.4) is 0 Å². The van der Waals surface area contributed by atoms with Crippen LogP contribution in [0.15, 0.2) is 24.4 Å². The van der Waals surface area contributed by atoms with Crippen molar-refractivity contribution in [2.24, 2.45) is 5.73 Å². The predicted octanol–water partition coefficient (Wildman–Crippen LogP) is 2.89. The Morgan fingerprint density at radius 1 is 1.43 bits per heavy atom. The van der Waals surface area contributed by atoms with Crippen LogP contribution in [0.5, 0.6) is 0 Å². The topological polar surface area (TPSA) is 41.8 Å². The van der Waals surface area contributed by atoms with Crippen molar-refractivity contribution >= 4 is 10.9 Å². The lowest BCUT2D eigenvalue weighted by molar-refractivity contribution is 0.704. The van der Waals surface area contributed by atoms with Gasteiger partial charge in [0, 0.05) is 23.1 Å². The first-order valence-electron chi connectivity index (χ1n) is 5.05. The molecule has 0 unspecified atom stereocenters. The zero-order chi connectivity index (χ0) is 10.1. The zero-order valence-corrected chi connectivity index (χ0v) is 8.67. The molecule has 0 bridgehead atoms. The molecule has 0 aliphatic carbocycles. The monoisotopic (exact) mass is 188 g/mol. The number of fused-ring (bicyclic) bond motifs is 1. The minimum absolute atomic E-state index is 0.145. The molecule has 2 nitrogen and oxygen atoms in total. The van der Waals surface area contributed by atoms with Crippen molar-refractivity contribution < 1.29 is 0 Å². The minimum atomic E-state index is 0.145. The SMILES string of the molecule is CC[C@@H](N)c1c[nH]c2cc(C)ccc12. The van der Waals surface area contributed by atoms with Gasteiger partial charge in [0.1, 0.15) is 0 Å². The lowest BCUT2D eigenvalue weighted by Crippen LogP contribution is -2.07. The quantitative estimate of drug-likeness (QED) is 0.747. The number of nitrogens with one attached hydrogen (secondary N) is 1. The molecule has 1 aromatic heterocycles. The summed E-state index contributed by atoms with van der Waals surface area (Å²) < 4.78 is 0. The van der Waals surface area contributed by atoms with Gasteiger partial charge < -0.3 is 10.7 Å². The molecule has 2 aromatic rings. The lowest BCUT2D eigenvalue weighted by Gasteiger charge is -2.06. The molecule has 74 valence electrons. The van der Waals surface area contributed by atoms with Crippen LogP contribution in [0.1, 0.15) is 30.5 Å². The number of benzene rings is 1. The standard InChI is InChI=1S/C12H16N2/c1-3-11(13)10-7-14-12-6-8(2)4-5-9(10)12/h4-7,11,14H,3,13H2,1-2H3/t11-/m1/s1. The Labute approximate surface area is 84.1 Å². The summed E-state index contributed by atoms with van der Waals surface area (Å²) in [5, 5.41) is 1.25. The van der Waals surface area contributed by atoms with E-state index in [0.29, 0.717) is 0 Å². The maximum Gasteiger partial charge on any atom is 0.0460 e. The van der Waals surface area contributed by atoms with Crippen molar-refractivity contribution in [1.29, 1.82) is 0 Å². The maximum atomic E-state index is 6.02. The maximum absolute atomic E-state index is 6.02. The van der Waals surface area contributed by atoms with Gasteiger partial charge in [-0.05, 0) is 30.5 Å². The molecule has 0 fully saturated rings. The summed E-state index contributed by atoms with van der Waals surface area (Å²) in [6, 6.07) is 6.57. The number of hydrogen-bond donors (Lipinski definition) is 2. The first-order valence-corrected chi connectivity index (χ1v) is 5.05. The van der Waals surface area contributed by atoms with E-state index in [-0.39, 0.29) is 6.04 Å². The van der Waals surface area contributed by atoms with E-state index in [2.05, 4.69) is 37.0 Å². The number of rotatable bonds is 2. The molecule has 0 saturated heterocycles. The number of aromatic nitrogens is 1. The molecule has 14 heavy (non-hydrogen) atoms. The molecule has 3 N–H and O–H groups in total. The first-order chi connectivity index (χ1) is 6.72. The predicted molar refractivity (Wildman–Crippen MR) is 60.3 cm³/mol. The molecule has 0 spiro atoms. The summed E-state index contributed by atoms with van der Waals surface area (Å²) in [5.74, 6) is 0. The second-order valence-corrected chi connectivity index (χ2v) is 3.81. The van der Waals surface area contributed by atoms with Gasteiger partial charge in [-0.2, -0.15) is 0 Å². The molecule has 1 heterocycles. The van der Waals surface area contributed by atoms with Crippen LogP contribution in [-0.4, -0.2) is 4.98 Å². The molecule has 2 rings (SSSR count). The highest BCUT2D eigenvalue weighted by atomic mass is 14.7. The van der Waals surface area contributed by atoms with E-state index in [9.17, 15) is 0 Å². The number of aryl methyl sites for hydroxylation is 1. The largest absolute Gasteiger partial charge is 0.361 e. The highest BCUT2D eigenvalue weighted by Crippen LogP contribution is 2.24. The summed E-state index contributed by atoms with van der Waals surface area (Å²) in [4.78, 5) is 3.26. The summed E-state index contributed by atoms with van der Waals surface area (Å²) in [6.45, 7) is 4.21. The van der Waals surface area contributed by atoms with E-state index in [1.165, 1.54) is 22.0 Å². The highest BCUT2D eigenvalue weighted by molar-refractivity contribution is 5.84. The fourth-order valence-electron chi connectivity index (χ4n) is 1.79. The molecular formula is C12H16N2. The fraction of sp³-hybridized carbons (Fsp3) is 0.333. The summed E-state index contributed by atoms with van der Waals surface area (Å²) in [6.07, 6.45) is 3.00. The third-order valence-corrected chi connectivity index (χ3v) is 2.71. The highest BCUT2D eigenvalue weighted by Gasteiger charge is 2.09. The Kier molecular flexibility index (Phi) is 2.30. The molecule has 0 aliphatic rings. The summed E-state index contributed by atoms with van der Waals surface area (Å²) in [7, 11) is 0. The molecule has 0 amide bonds. The molecule has 0 radical (unpaired) electrons. The van der Waals surface area contributed by atoms with Crippen LogP contribution in [0, 0.1) is 6.92 Å². The van der Waals surface area contributed by atoms with Gasteiger partial charge in [0.2, 0.25) is 0 Å². The van der Waals surface area contributed by atoms with Gasteiger partial charge in [-0.15, -0.1) is 0 Å². The Bertz CT molecular complexity index is 443. The second kappa shape index (κ2) is 3.46. The smallest absolute Gasteiger partial charge is 0.0460 e. The average Bonchev–Trinajstić information content (AvgIpc) is 2.59. The molecule has 0 aliphatic heterocycles. The van der Waals surface area contributed by atoms with Crippen molar-refractivity contribution in [1.82, 2.24) is 4.98 Å². The van der Waals surface area contributed by atoms with E-state index in [1.807, 2.05) is 6.20 Å². The van der Waals surface area contributed by atoms with Crippen molar-refractivity contribution in [3.8, 4) is 0 Å². The van der Waals surface area contributed by atoms with Crippen LogP contribution in [0.4, 0.5) is 0 Å². The number of H-pyrrole nitrogens is 1. The third kappa shape index (κ3) is 1.42. The Morgan fingerprint density at radius 2 is 2.21 bits per heavy atom. The molecule has 1 atom stereocenters. The first kappa shape index (κ1) is 9.28. The van der Waals surface area contributed by atoms with Gasteiger partial charge in [-0.25, -0.2) is 0 Å². The molecular weight excluding hydrogens is 172 g/mol. The number of nitrogens with two attached hydrogens (primary N) is 1. The van der Waals surface area contributed by atoms with Crippen LogP contribution in [0.2, 0.25) is 0 Å².